The fourth-order valence-corrected chi connectivity index (χ4v) is 2.65. The molecular weight excluding hydrogens is 244 g/mol. The molecule has 0 spiro atoms. The molecular formula is C13H20N4O2. The molecule has 2 saturated heterocycles. The molecule has 2 atom stereocenters. The van der Waals surface area contributed by atoms with E-state index in [2.05, 4.69) is 15.7 Å². The van der Waals surface area contributed by atoms with E-state index in [0.29, 0.717) is 18.5 Å². The van der Waals surface area contributed by atoms with Gasteiger partial charge >= 0.3 is 0 Å². The lowest BCUT2D eigenvalue weighted by atomic mass is 10.0. The van der Waals surface area contributed by atoms with Crippen molar-refractivity contribution in [2.75, 3.05) is 31.6 Å². The van der Waals surface area contributed by atoms with Crippen LogP contribution < -0.4 is 10.6 Å². The van der Waals surface area contributed by atoms with Gasteiger partial charge in [0.15, 0.2) is 5.82 Å². The van der Waals surface area contributed by atoms with E-state index in [9.17, 15) is 4.79 Å². The van der Waals surface area contributed by atoms with Crippen LogP contribution in [0.5, 0.6) is 0 Å². The van der Waals surface area contributed by atoms with Gasteiger partial charge in [0, 0.05) is 25.4 Å². The molecule has 2 aliphatic heterocycles. The van der Waals surface area contributed by atoms with Gasteiger partial charge in [-0.2, -0.15) is 5.10 Å². The minimum Gasteiger partial charge on any atom is -0.381 e. The number of hydrogen-bond acceptors (Lipinski definition) is 4. The third-order valence-corrected chi connectivity index (χ3v) is 3.80. The Labute approximate surface area is 112 Å². The highest BCUT2D eigenvalue weighted by Crippen LogP contribution is 2.18. The SMILES string of the molecule is O=C(Nc1ccn([C@H]2CCNC2)n1)[C@H]1CCCOC1. The topological polar surface area (TPSA) is 68.2 Å². The average Bonchev–Trinajstić information content (AvgIpc) is 3.10. The standard InChI is InChI=1S/C13H20N4O2/c18-13(10-2-1-7-19-9-10)15-12-4-6-17(16-12)11-3-5-14-8-11/h4,6,10-11,14H,1-3,5,7-9H2,(H,15,16,18)/t10-,11-/m0/s1. The van der Waals surface area contributed by atoms with Gasteiger partial charge in [0.2, 0.25) is 5.91 Å². The van der Waals surface area contributed by atoms with Gasteiger partial charge in [-0.15, -0.1) is 0 Å². The number of ether oxygens (including phenoxy) is 1. The van der Waals surface area contributed by atoms with Crippen LogP contribution in [0.4, 0.5) is 5.82 Å². The molecule has 104 valence electrons. The smallest absolute Gasteiger partial charge is 0.231 e. The quantitative estimate of drug-likeness (QED) is 0.846. The minimum absolute atomic E-state index is 0.0227. The summed E-state index contributed by atoms with van der Waals surface area (Å²) in [4.78, 5) is 12.0. The number of amides is 1. The molecule has 0 saturated carbocycles. The molecule has 0 aromatic carbocycles. The van der Waals surface area contributed by atoms with Crippen LogP contribution in [0.2, 0.25) is 0 Å². The van der Waals surface area contributed by atoms with E-state index in [1.165, 1.54) is 0 Å². The van der Waals surface area contributed by atoms with Crippen LogP contribution in [0.15, 0.2) is 12.3 Å². The number of anilines is 1. The van der Waals surface area contributed by atoms with E-state index >= 15 is 0 Å². The van der Waals surface area contributed by atoms with Crippen molar-refractivity contribution in [2.24, 2.45) is 5.92 Å². The molecule has 1 amide bonds. The molecule has 1 aromatic heterocycles. The Kier molecular flexibility index (Phi) is 3.79. The predicted octanol–water partition coefficient (Wildman–Crippen LogP) is 0.783. The Morgan fingerprint density at radius 1 is 1.53 bits per heavy atom. The van der Waals surface area contributed by atoms with E-state index in [-0.39, 0.29) is 11.8 Å². The first kappa shape index (κ1) is 12.6. The zero-order chi connectivity index (χ0) is 13.1. The average molecular weight is 264 g/mol. The minimum atomic E-state index is -0.0351. The van der Waals surface area contributed by atoms with Crippen LogP contribution in [0.1, 0.15) is 25.3 Å². The summed E-state index contributed by atoms with van der Waals surface area (Å²) in [6.45, 7) is 3.28. The van der Waals surface area contributed by atoms with Gasteiger partial charge in [-0.05, 0) is 25.8 Å². The Hall–Kier alpha value is -1.40. The molecule has 0 unspecified atom stereocenters. The van der Waals surface area contributed by atoms with E-state index in [0.717, 1.165) is 39.0 Å². The number of carbonyl (C=O) groups excluding carboxylic acids is 1. The summed E-state index contributed by atoms with van der Waals surface area (Å²) in [5, 5.41) is 10.6. The maximum Gasteiger partial charge on any atom is 0.231 e. The summed E-state index contributed by atoms with van der Waals surface area (Å²) in [6, 6.07) is 2.27. The summed E-state index contributed by atoms with van der Waals surface area (Å²) < 4.78 is 7.27. The second-order valence-electron chi connectivity index (χ2n) is 5.23. The zero-order valence-corrected chi connectivity index (χ0v) is 11.0. The summed E-state index contributed by atoms with van der Waals surface area (Å²) in [5.41, 5.74) is 0. The van der Waals surface area contributed by atoms with Crippen LogP contribution in [0.25, 0.3) is 0 Å². The van der Waals surface area contributed by atoms with Gasteiger partial charge in [-0.1, -0.05) is 0 Å². The molecule has 1 aromatic rings. The number of carbonyl (C=O) groups is 1. The van der Waals surface area contributed by atoms with Gasteiger partial charge in [-0.25, -0.2) is 0 Å². The van der Waals surface area contributed by atoms with E-state index < -0.39 is 0 Å². The van der Waals surface area contributed by atoms with Crippen molar-refractivity contribution >= 4 is 11.7 Å². The fraction of sp³-hybridized carbons (Fsp3) is 0.692. The number of rotatable bonds is 3. The first-order chi connectivity index (χ1) is 9.33. The van der Waals surface area contributed by atoms with Crippen molar-refractivity contribution < 1.29 is 9.53 Å². The molecule has 2 N–H and O–H groups in total. The van der Waals surface area contributed by atoms with Crippen LogP contribution in [-0.4, -0.2) is 42.0 Å². The second-order valence-corrected chi connectivity index (χ2v) is 5.23. The lowest BCUT2D eigenvalue weighted by Gasteiger charge is -2.20. The molecule has 0 bridgehead atoms. The van der Waals surface area contributed by atoms with Crippen molar-refractivity contribution in [2.45, 2.75) is 25.3 Å². The lowest BCUT2D eigenvalue weighted by molar-refractivity contribution is -0.123. The van der Waals surface area contributed by atoms with Crippen molar-refractivity contribution in [1.82, 2.24) is 15.1 Å². The van der Waals surface area contributed by atoms with E-state index in [4.69, 9.17) is 4.74 Å². The van der Waals surface area contributed by atoms with Crippen LogP contribution >= 0.6 is 0 Å². The van der Waals surface area contributed by atoms with Crippen molar-refractivity contribution in [3.8, 4) is 0 Å². The Morgan fingerprint density at radius 3 is 3.21 bits per heavy atom. The molecule has 0 radical (unpaired) electrons. The number of hydrogen-bond donors (Lipinski definition) is 2. The number of aromatic nitrogens is 2. The molecule has 19 heavy (non-hydrogen) atoms. The Balaban J connectivity index is 1.58. The maximum atomic E-state index is 12.0. The second kappa shape index (κ2) is 5.71. The van der Waals surface area contributed by atoms with Gasteiger partial charge in [0.1, 0.15) is 0 Å². The summed E-state index contributed by atoms with van der Waals surface area (Å²) >= 11 is 0. The molecule has 3 heterocycles. The fourth-order valence-electron chi connectivity index (χ4n) is 2.65. The van der Waals surface area contributed by atoms with Crippen molar-refractivity contribution in [1.29, 1.82) is 0 Å². The van der Waals surface area contributed by atoms with Crippen LogP contribution in [0, 0.1) is 5.92 Å². The Bertz CT molecular complexity index is 434. The molecule has 6 heteroatoms. The third-order valence-electron chi connectivity index (χ3n) is 3.80. The van der Waals surface area contributed by atoms with Crippen molar-refractivity contribution in [3.05, 3.63) is 12.3 Å². The largest absolute Gasteiger partial charge is 0.381 e. The molecule has 2 aliphatic rings. The van der Waals surface area contributed by atoms with Gasteiger partial charge in [-0.3, -0.25) is 9.48 Å². The summed E-state index contributed by atoms with van der Waals surface area (Å²) in [6.07, 6.45) is 4.88. The highest BCUT2D eigenvalue weighted by Gasteiger charge is 2.23. The molecule has 3 rings (SSSR count). The molecule has 0 aliphatic carbocycles. The van der Waals surface area contributed by atoms with Crippen LogP contribution in [-0.2, 0) is 9.53 Å². The first-order valence-corrected chi connectivity index (χ1v) is 6.97. The van der Waals surface area contributed by atoms with Gasteiger partial charge in [0.25, 0.3) is 0 Å². The van der Waals surface area contributed by atoms with Gasteiger partial charge in [0.05, 0.1) is 18.6 Å². The van der Waals surface area contributed by atoms with E-state index in [1.54, 1.807) is 0 Å². The molecule has 6 nitrogen and oxygen atoms in total. The highest BCUT2D eigenvalue weighted by atomic mass is 16.5. The highest BCUT2D eigenvalue weighted by molar-refractivity contribution is 5.91. The number of nitrogens with zero attached hydrogens (tertiary/aromatic N) is 2. The summed E-state index contributed by atoms with van der Waals surface area (Å²) in [7, 11) is 0. The van der Waals surface area contributed by atoms with Crippen molar-refractivity contribution in [3.63, 3.8) is 0 Å². The maximum absolute atomic E-state index is 12.0. The van der Waals surface area contributed by atoms with Crippen LogP contribution in [0.3, 0.4) is 0 Å². The Morgan fingerprint density at radius 2 is 2.47 bits per heavy atom. The third kappa shape index (κ3) is 2.96. The summed E-state index contributed by atoms with van der Waals surface area (Å²) in [5.74, 6) is 0.629. The zero-order valence-electron chi connectivity index (χ0n) is 11.0. The van der Waals surface area contributed by atoms with E-state index in [1.807, 2.05) is 16.9 Å². The lowest BCUT2D eigenvalue weighted by Crippen LogP contribution is -2.30. The monoisotopic (exact) mass is 264 g/mol. The normalized spacial score (nSPS) is 27.4. The number of nitrogens with one attached hydrogen (secondary N) is 2. The predicted molar refractivity (Wildman–Crippen MR) is 70.9 cm³/mol. The van der Waals surface area contributed by atoms with Gasteiger partial charge < -0.3 is 15.4 Å². The molecule has 2 fully saturated rings. The first-order valence-electron chi connectivity index (χ1n) is 6.97.